The zero-order valence-electron chi connectivity index (χ0n) is 10.9. The van der Waals surface area contributed by atoms with E-state index in [1.165, 1.54) is 6.07 Å². The fourth-order valence-electron chi connectivity index (χ4n) is 1.40. The molecule has 1 aromatic rings. The molecule has 0 aliphatic heterocycles. The highest BCUT2D eigenvalue weighted by Crippen LogP contribution is 2.26. The molecule has 0 radical (unpaired) electrons. The van der Waals surface area contributed by atoms with Gasteiger partial charge in [0, 0.05) is 19.0 Å². The molecule has 7 heteroatoms. The predicted octanol–water partition coefficient (Wildman–Crippen LogP) is 2.74. The molecule has 0 aliphatic rings. The quantitative estimate of drug-likeness (QED) is 0.758. The van der Waals surface area contributed by atoms with E-state index in [9.17, 15) is 9.59 Å². The number of hydrogen-bond donors (Lipinski definition) is 2. The average Bonchev–Trinajstić information content (AvgIpc) is 2.38. The van der Waals surface area contributed by atoms with E-state index in [2.05, 4.69) is 5.32 Å². The van der Waals surface area contributed by atoms with Crippen LogP contribution in [0.25, 0.3) is 0 Å². The molecular formula is C13H15Cl2NO4. The molecular weight excluding hydrogens is 305 g/mol. The van der Waals surface area contributed by atoms with E-state index in [1.54, 1.807) is 19.1 Å². The molecule has 0 saturated carbocycles. The summed E-state index contributed by atoms with van der Waals surface area (Å²) in [6.07, 6.45) is -0.319. The maximum atomic E-state index is 11.7. The minimum Gasteiger partial charge on any atom is -0.481 e. The molecule has 0 bridgehead atoms. The van der Waals surface area contributed by atoms with Gasteiger partial charge in [-0.15, -0.1) is 0 Å². The van der Waals surface area contributed by atoms with Crippen LogP contribution in [0.4, 0.5) is 0 Å². The summed E-state index contributed by atoms with van der Waals surface area (Å²) in [6, 6.07) is 4.72. The van der Waals surface area contributed by atoms with E-state index in [-0.39, 0.29) is 12.3 Å². The number of rotatable bonds is 7. The third-order valence-corrected chi connectivity index (χ3v) is 3.18. The number of carboxylic acid groups (broad SMARTS) is 1. The molecule has 2 N–H and O–H groups in total. The predicted molar refractivity (Wildman–Crippen MR) is 76.4 cm³/mol. The van der Waals surface area contributed by atoms with Gasteiger partial charge in [-0.1, -0.05) is 23.2 Å². The monoisotopic (exact) mass is 319 g/mol. The Morgan fingerprint density at radius 1 is 1.35 bits per heavy atom. The summed E-state index contributed by atoms with van der Waals surface area (Å²) in [7, 11) is 0. The van der Waals surface area contributed by atoms with Crippen LogP contribution in [-0.2, 0) is 9.59 Å². The van der Waals surface area contributed by atoms with Crippen LogP contribution in [-0.4, -0.2) is 29.6 Å². The number of aliphatic carboxylic acids is 1. The van der Waals surface area contributed by atoms with Crippen LogP contribution >= 0.6 is 23.2 Å². The van der Waals surface area contributed by atoms with Gasteiger partial charge in [-0.2, -0.15) is 0 Å². The third-order valence-electron chi connectivity index (χ3n) is 2.44. The first kappa shape index (κ1) is 16.6. The largest absolute Gasteiger partial charge is 0.481 e. The Morgan fingerprint density at radius 2 is 2.05 bits per heavy atom. The van der Waals surface area contributed by atoms with E-state index in [4.69, 9.17) is 33.0 Å². The van der Waals surface area contributed by atoms with Gasteiger partial charge in [0.05, 0.1) is 10.0 Å². The molecule has 1 unspecified atom stereocenters. The summed E-state index contributed by atoms with van der Waals surface area (Å²) in [6.45, 7) is 1.88. The molecule has 1 aromatic carbocycles. The maximum Gasteiger partial charge on any atom is 0.303 e. The van der Waals surface area contributed by atoms with Crippen molar-refractivity contribution in [3.8, 4) is 5.75 Å². The number of carboxylic acids is 1. The molecule has 0 fully saturated rings. The van der Waals surface area contributed by atoms with Crippen molar-refractivity contribution in [1.29, 1.82) is 0 Å². The summed E-state index contributed by atoms with van der Waals surface area (Å²) < 4.78 is 5.42. The van der Waals surface area contributed by atoms with Crippen LogP contribution in [0.15, 0.2) is 18.2 Å². The van der Waals surface area contributed by atoms with E-state index < -0.39 is 12.1 Å². The Hall–Kier alpha value is -1.46. The van der Waals surface area contributed by atoms with Crippen molar-refractivity contribution in [3.63, 3.8) is 0 Å². The molecule has 1 rings (SSSR count). The highest BCUT2D eigenvalue weighted by Gasteiger charge is 2.14. The number of benzene rings is 1. The molecule has 1 atom stereocenters. The van der Waals surface area contributed by atoms with Gasteiger partial charge in [0.2, 0.25) is 0 Å². The second-order valence-corrected chi connectivity index (χ2v) is 4.94. The number of amides is 1. The second-order valence-electron chi connectivity index (χ2n) is 4.12. The van der Waals surface area contributed by atoms with Crippen molar-refractivity contribution >= 4 is 35.1 Å². The van der Waals surface area contributed by atoms with Gasteiger partial charge >= 0.3 is 5.97 Å². The second kappa shape index (κ2) is 7.97. The lowest BCUT2D eigenvalue weighted by molar-refractivity contribution is -0.137. The molecule has 0 spiro atoms. The number of hydrogen-bond acceptors (Lipinski definition) is 3. The van der Waals surface area contributed by atoms with Gasteiger partial charge < -0.3 is 15.2 Å². The van der Waals surface area contributed by atoms with E-state index in [1.807, 2.05) is 0 Å². The maximum absolute atomic E-state index is 11.7. The third kappa shape index (κ3) is 5.67. The topological polar surface area (TPSA) is 75.6 Å². The van der Waals surface area contributed by atoms with Gasteiger partial charge in [0.15, 0.2) is 6.10 Å². The van der Waals surface area contributed by atoms with Crippen molar-refractivity contribution in [2.75, 3.05) is 6.54 Å². The first-order valence-electron chi connectivity index (χ1n) is 6.01. The Bertz CT molecular complexity index is 493. The zero-order valence-corrected chi connectivity index (χ0v) is 12.4. The summed E-state index contributed by atoms with van der Waals surface area (Å²) in [4.78, 5) is 22.0. The number of nitrogens with one attached hydrogen (secondary N) is 1. The van der Waals surface area contributed by atoms with Gasteiger partial charge in [0.1, 0.15) is 5.75 Å². The summed E-state index contributed by atoms with van der Waals surface area (Å²) in [5.74, 6) is -0.770. The van der Waals surface area contributed by atoms with E-state index in [0.29, 0.717) is 28.8 Å². The minimum atomic E-state index is -0.889. The normalized spacial score (nSPS) is 11.8. The van der Waals surface area contributed by atoms with Crippen LogP contribution in [0.1, 0.15) is 19.8 Å². The lowest BCUT2D eigenvalue weighted by Crippen LogP contribution is -2.36. The zero-order chi connectivity index (χ0) is 15.1. The van der Waals surface area contributed by atoms with Gasteiger partial charge in [0.25, 0.3) is 5.91 Å². The average molecular weight is 320 g/mol. The van der Waals surface area contributed by atoms with E-state index >= 15 is 0 Å². The molecule has 0 saturated heterocycles. The SMILES string of the molecule is CC(Oc1ccc(Cl)c(Cl)c1)C(=O)NCCCC(=O)O. The van der Waals surface area contributed by atoms with Crippen LogP contribution < -0.4 is 10.1 Å². The standard InChI is InChI=1S/C13H15Cl2NO4/c1-8(13(19)16-6-2-3-12(17)18)20-9-4-5-10(14)11(15)7-9/h4-5,7-8H,2-3,6H2,1H3,(H,16,19)(H,17,18). The molecule has 0 heterocycles. The van der Waals surface area contributed by atoms with Crippen molar-refractivity contribution in [2.24, 2.45) is 0 Å². The highest BCUT2D eigenvalue weighted by molar-refractivity contribution is 6.42. The van der Waals surface area contributed by atoms with Crippen LogP contribution in [0, 0.1) is 0 Å². The van der Waals surface area contributed by atoms with Crippen molar-refractivity contribution in [1.82, 2.24) is 5.32 Å². The summed E-state index contributed by atoms with van der Waals surface area (Å²) in [5, 5.41) is 11.8. The Labute approximate surface area is 126 Å². The van der Waals surface area contributed by atoms with Crippen molar-refractivity contribution in [2.45, 2.75) is 25.9 Å². The fraction of sp³-hybridized carbons (Fsp3) is 0.385. The van der Waals surface area contributed by atoms with Crippen LogP contribution in [0.5, 0.6) is 5.75 Å². The van der Waals surface area contributed by atoms with Crippen LogP contribution in [0.3, 0.4) is 0 Å². The Morgan fingerprint density at radius 3 is 2.65 bits per heavy atom. The molecule has 110 valence electrons. The Kier molecular flexibility index (Phi) is 6.61. The van der Waals surface area contributed by atoms with Crippen molar-refractivity contribution < 1.29 is 19.4 Å². The summed E-state index contributed by atoms with van der Waals surface area (Å²) in [5.41, 5.74) is 0. The number of carbonyl (C=O) groups is 2. The summed E-state index contributed by atoms with van der Waals surface area (Å²) >= 11 is 11.6. The van der Waals surface area contributed by atoms with Gasteiger partial charge in [-0.25, -0.2) is 0 Å². The number of halogens is 2. The minimum absolute atomic E-state index is 0.0162. The smallest absolute Gasteiger partial charge is 0.303 e. The first-order chi connectivity index (χ1) is 9.40. The molecule has 0 aromatic heterocycles. The highest BCUT2D eigenvalue weighted by atomic mass is 35.5. The van der Waals surface area contributed by atoms with Gasteiger partial charge in [-0.05, 0) is 25.5 Å². The van der Waals surface area contributed by atoms with Crippen LogP contribution in [0.2, 0.25) is 10.0 Å². The molecule has 5 nitrogen and oxygen atoms in total. The number of carbonyl (C=O) groups excluding carboxylic acids is 1. The van der Waals surface area contributed by atoms with Gasteiger partial charge in [-0.3, -0.25) is 9.59 Å². The molecule has 1 amide bonds. The Balaban J connectivity index is 2.41. The lowest BCUT2D eigenvalue weighted by atomic mass is 10.3. The van der Waals surface area contributed by atoms with E-state index in [0.717, 1.165) is 0 Å². The fourth-order valence-corrected chi connectivity index (χ4v) is 1.69. The number of ether oxygens (including phenoxy) is 1. The first-order valence-corrected chi connectivity index (χ1v) is 6.77. The molecule has 20 heavy (non-hydrogen) atoms. The lowest BCUT2D eigenvalue weighted by Gasteiger charge is -2.15. The van der Waals surface area contributed by atoms with Crippen molar-refractivity contribution in [3.05, 3.63) is 28.2 Å². The molecule has 0 aliphatic carbocycles.